The molecule has 31 heavy (non-hydrogen) atoms. The van der Waals surface area contributed by atoms with Gasteiger partial charge in [-0.2, -0.15) is 0 Å². The average Bonchev–Trinajstić information content (AvgIpc) is 2.79. The molecule has 0 aliphatic carbocycles. The first-order valence-electron chi connectivity index (χ1n) is 10.7. The highest BCUT2D eigenvalue weighted by Crippen LogP contribution is 2.17. The summed E-state index contributed by atoms with van der Waals surface area (Å²) in [7, 11) is 0. The number of hydrogen-bond donors (Lipinski definition) is 1. The number of fused-ring (bicyclic) bond motifs is 1. The SMILES string of the molecule is CCC(=O)c1ccc(N2CCN(Cc3cc(=O)n4cc(CC)c(=O)[nH]c4c3)CC2)cn1. The fraction of sp³-hybridized carbons (Fsp3) is 0.391. The van der Waals surface area contributed by atoms with Crippen molar-refractivity contribution in [2.24, 2.45) is 0 Å². The van der Waals surface area contributed by atoms with Gasteiger partial charge in [-0.05, 0) is 30.2 Å². The molecule has 3 aromatic heterocycles. The normalized spacial score (nSPS) is 14.8. The molecular formula is C23H27N5O3. The minimum Gasteiger partial charge on any atom is -0.368 e. The smallest absolute Gasteiger partial charge is 0.256 e. The summed E-state index contributed by atoms with van der Waals surface area (Å²) in [5, 5.41) is 0. The maximum absolute atomic E-state index is 12.5. The van der Waals surface area contributed by atoms with Gasteiger partial charge in [0.25, 0.3) is 11.1 Å². The van der Waals surface area contributed by atoms with Gasteiger partial charge in [-0.25, -0.2) is 0 Å². The van der Waals surface area contributed by atoms with Crippen LogP contribution < -0.4 is 16.0 Å². The lowest BCUT2D eigenvalue weighted by atomic mass is 10.2. The Bertz CT molecular complexity index is 1200. The van der Waals surface area contributed by atoms with Crippen LogP contribution >= 0.6 is 0 Å². The summed E-state index contributed by atoms with van der Waals surface area (Å²) in [6, 6.07) is 7.27. The maximum atomic E-state index is 12.5. The lowest BCUT2D eigenvalue weighted by Crippen LogP contribution is -2.46. The zero-order chi connectivity index (χ0) is 22.0. The van der Waals surface area contributed by atoms with E-state index in [4.69, 9.17) is 0 Å². The molecule has 0 atom stereocenters. The molecular weight excluding hydrogens is 394 g/mol. The van der Waals surface area contributed by atoms with Gasteiger partial charge in [0, 0.05) is 57.0 Å². The maximum Gasteiger partial charge on any atom is 0.256 e. The van der Waals surface area contributed by atoms with Gasteiger partial charge in [-0.15, -0.1) is 0 Å². The van der Waals surface area contributed by atoms with Crippen LogP contribution in [0.4, 0.5) is 5.69 Å². The van der Waals surface area contributed by atoms with E-state index in [1.165, 1.54) is 4.40 Å². The van der Waals surface area contributed by atoms with Crippen molar-refractivity contribution >= 4 is 17.1 Å². The van der Waals surface area contributed by atoms with Gasteiger partial charge >= 0.3 is 0 Å². The number of aromatic amines is 1. The number of carbonyl (C=O) groups is 1. The lowest BCUT2D eigenvalue weighted by Gasteiger charge is -2.36. The minimum absolute atomic E-state index is 0.0509. The van der Waals surface area contributed by atoms with Crippen LogP contribution in [0.1, 0.15) is 41.9 Å². The Morgan fingerprint density at radius 1 is 1.10 bits per heavy atom. The highest BCUT2D eigenvalue weighted by molar-refractivity contribution is 5.94. The number of pyridine rings is 2. The molecule has 4 heterocycles. The number of H-pyrrole nitrogens is 1. The molecule has 162 valence electrons. The van der Waals surface area contributed by atoms with Crippen LogP contribution in [-0.4, -0.2) is 51.2 Å². The molecule has 3 aromatic rings. The van der Waals surface area contributed by atoms with Crippen LogP contribution in [0.3, 0.4) is 0 Å². The number of ketones is 1. The molecule has 1 aliphatic heterocycles. The molecule has 1 N–H and O–H groups in total. The van der Waals surface area contributed by atoms with Crippen molar-refractivity contribution in [2.45, 2.75) is 33.2 Å². The first kappa shape index (κ1) is 21.0. The highest BCUT2D eigenvalue weighted by atomic mass is 16.1. The second-order valence-electron chi connectivity index (χ2n) is 7.86. The van der Waals surface area contributed by atoms with Gasteiger partial charge in [-0.3, -0.25) is 28.7 Å². The van der Waals surface area contributed by atoms with Gasteiger partial charge in [0.1, 0.15) is 11.3 Å². The number of carbonyl (C=O) groups excluding carboxylic acids is 1. The number of rotatable bonds is 6. The summed E-state index contributed by atoms with van der Waals surface area (Å²) >= 11 is 0. The number of aromatic nitrogens is 3. The molecule has 0 unspecified atom stereocenters. The number of hydrogen-bond acceptors (Lipinski definition) is 6. The Kier molecular flexibility index (Phi) is 5.99. The Balaban J connectivity index is 1.43. The quantitative estimate of drug-likeness (QED) is 0.611. The first-order chi connectivity index (χ1) is 15.0. The number of nitrogens with one attached hydrogen (secondary N) is 1. The second kappa shape index (κ2) is 8.85. The summed E-state index contributed by atoms with van der Waals surface area (Å²) in [5.74, 6) is 0.0509. The van der Waals surface area contributed by atoms with Crippen LogP contribution in [0, 0.1) is 0 Å². The molecule has 0 bridgehead atoms. The predicted octanol–water partition coefficient (Wildman–Crippen LogP) is 1.86. The van der Waals surface area contributed by atoms with E-state index in [-0.39, 0.29) is 16.9 Å². The van der Waals surface area contributed by atoms with Crippen LogP contribution in [-0.2, 0) is 13.0 Å². The Hall–Kier alpha value is -3.26. The van der Waals surface area contributed by atoms with E-state index in [0.29, 0.717) is 36.3 Å². The van der Waals surface area contributed by atoms with E-state index < -0.39 is 0 Å². The molecule has 0 spiro atoms. The largest absolute Gasteiger partial charge is 0.368 e. The summed E-state index contributed by atoms with van der Waals surface area (Å²) in [4.78, 5) is 48.1. The van der Waals surface area contributed by atoms with Crippen molar-refractivity contribution in [3.63, 3.8) is 0 Å². The molecule has 0 amide bonds. The third kappa shape index (κ3) is 4.44. The zero-order valence-corrected chi connectivity index (χ0v) is 17.9. The molecule has 0 aromatic carbocycles. The number of anilines is 1. The van der Waals surface area contributed by atoms with E-state index in [0.717, 1.165) is 37.4 Å². The standard InChI is InChI=1S/C23H27N5O3/c1-3-17-15-28-21(25-23(17)31)11-16(12-22(28)30)14-26-7-9-27(10-8-26)18-5-6-19(24-13-18)20(29)4-2/h5-6,11-13,15H,3-4,7-10,14H2,1-2H3,(H,25,31). The molecule has 0 radical (unpaired) electrons. The summed E-state index contributed by atoms with van der Waals surface area (Å²) < 4.78 is 1.50. The van der Waals surface area contributed by atoms with Crippen LogP contribution in [0.2, 0.25) is 0 Å². The van der Waals surface area contributed by atoms with Gasteiger partial charge < -0.3 is 9.88 Å². The van der Waals surface area contributed by atoms with E-state index in [1.807, 2.05) is 26.0 Å². The highest BCUT2D eigenvalue weighted by Gasteiger charge is 2.18. The van der Waals surface area contributed by atoms with Gasteiger partial charge in [0.2, 0.25) is 0 Å². The molecule has 1 saturated heterocycles. The summed E-state index contributed by atoms with van der Waals surface area (Å²) in [6.45, 7) is 7.75. The topological polar surface area (TPSA) is 90.8 Å². The van der Waals surface area contributed by atoms with E-state index in [9.17, 15) is 14.4 Å². The van der Waals surface area contributed by atoms with Crippen molar-refractivity contribution in [3.05, 3.63) is 74.2 Å². The first-order valence-corrected chi connectivity index (χ1v) is 10.7. The molecule has 4 rings (SSSR count). The second-order valence-corrected chi connectivity index (χ2v) is 7.86. The Morgan fingerprint density at radius 3 is 2.52 bits per heavy atom. The summed E-state index contributed by atoms with van der Waals surface area (Å²) in [6.07, 6.45) is 4.43. The van der Waals surface area contributed by atoms with Crippen molar-refractivity contribution in [1.82, 2.24) is 19.3 Å². The number of aryl methyl sites for hydroxylation is 1. The molecule has 1 aliphatic rings. The Morgan fingerprint density at radius 2 is 1.87 bits per heavy atom. The van der Waals surface area contributed by atoms with Crippen LogP contribution in [0.15, 0.2) is 46.2 Å². The van der Waals surface area contributed by atoms with Crippen molar-refractivity contribution in [3.8, 4) is 0 Å². The zero-order valence-electron chi connectivity index (χ0n) is 17.9. The average molecular weight is 422 g/mol. The third-order valence-electron chi connectivity index (χ3n) is 5.83. The molecule has 8 nitrogen and oxygen atoms in total. The predicted molar refractivity (Wildman–Crippen MR) is 120 cm³/mol. The van der Waals surface area contributed by atoms with Crippen molar-refractivity contribution in [1.29, 1.82) is 0 Å². The lowest BCUT2D eigenvalue weighted by molar-refractivity contribution is 0.0983. The third-order valence-corrected chi connectivity index (χ3v) is 5.83. The molecule has 0 saturated carbocycles. The van der Waals surface area contributed by atoms with Gasteiger partial charge in [0.05, 0.1) is 11.9 Å². The fourth-order valence-corrected chi connectivity index (χ4v) is 3.96. The van der Waals surface area contributed by atoms with E-state index in [1.54, 1.807) is 24.5 Å². The fourth-order valence-electron chi connectivity index (χ4n) is 3.96. The minimum atomic E-state index is -0.145. The van der Waals surface area contributed by atoms with E-state index in [2.05, 4.69) is 19.8 Å². The molecule has 1 fully saturated rings. The molecule has 8 heteroatoms. The number of Topliss-reactive ketones (excluding diaryl/α,β-unsaturated/α-hetero) is 1. The number of nitrogens with zero attached hydrogens (tertiary/aromatic N) is 4. The Labute approximate surface area is 180 Å². The van der Waals surface area contributed by atoms with Crippen molar-refractivity contribution < 1.29 is 4.79 Å². The monoisotopic (exact) mass is 421 g/mol. The summed E-state index contributed by atoms with van der Waals surface area (Å²) in [5.41, 5.74) is 3.26. The van der Waals surface area contributed by atoms with Crippen LogP contribution in [0.25, 0.3) is 5.65 Å². The van der Waals surface area contributed by atoms with Crippen LogP contribution in [0.5, 0.6) is 0 Å². The van der Waals surface area contributed by atoms with Crippen molar-refractivity contribution in [2.75, 3.05) is 31.1 Å². The van der Waals surface area contributed by atoms with E-state index >= 15 is 0 Å². The van der Waals surface area contributed by atoms with Gasteiger partial charge in [-0.1, -0.05) is 13.8 Å². The number of piperazine rings is 1. The van der Waals surface area contributed by atoms with Gasteiger partial charge in [0.15, 0.2) is 5.78 Å².